The predicted molar refractivity (Wildman–Crippen MR) is 562 cm³/mol. The summed E-state index contributed by atoms with van der Waals surface area (Å²) in [5.41, 5.74) is -0.525. The molecule has 1 unspecified atom stereocenters. The van der Waals surface area contributed by atoms with Crippen LogP contribution in [0.5, 0.6) is 69.0 Å². The highest BCUT2D eigenvalue weighted by Crippen LogP contribution is 2.35. The number of rotatable bonds is 54. The van der Waals surface area contributed by atoms with Crippen molar-refractivity contribution in [2.45, 2.75) is 401 Å². The fraction of sp³-hybridized carbons (Fsp3) is 0.647. The summed E-state index contributed by atoms with van der Waals surface area (Å²) in [5, 5.41) is 52.1. The van der Waals surface area contributed by atoms with Crippen molar-refractivity contribution in [1.82, 2.24) is 0 Å². The van der Waals surface area contributed by atoms with E-state index in [9.17, 15) is 25.5 Å². The number of unbranched alkanes of at least 4 members (excludes halogenated alkanes) is 1. The van der Waals surface area contributed by atoms with Crippen LogP contribution in [0.2, 0.25) is 0 Å². The van der Waals surface area contributed by atoms with Crippen molar-refractivity contribution in [2.24, 2.45) is 17.8 Å². The summed E-state index contributed by atoms with van der Waals surface area (Å²) < 4.78 is 68.9. The van der Waals surface area contributed by atoms with Gasteiger partial charge in [0.25, 0.3) is 0 Å². The molecule has 766 valence electrons. The van der Waals surface area contributed by atoms with Gasteiger partial charge in [-0.05, 0) is 255 Å². The average Bonchev–Trinajstić information content (AvgIpc) is 1.18. The van der Waals surface area contributed by atoms with Crippen LogP contribution in [0.3, 0.4) is 0 Å². The number of ether oxygens (including phenoxy) is 12. The molecule has 17 heteroatoms. The molecule has 0 aliphatic heterocycles. The highest BCUT2D eigenvalue weighted by molar-refractivity contribution is 5.37. The van der Waals surface area contributed by atoms with Crippen LogP contribution in [0, 0.1) is 17.8 Å². The molecule has 0 aromatic heterocycles. The minimum atomic E-state index is -0.748. The molecule has 0 saturated heterocycles. The molecule has 0 amide bonds. The van der Waals surface area contributed by atoms with Gasteiger partial charge in [0.05, 0.1) is 81.4 Å². The van der Waals surface area contributed by atoms with E-state index in [1.165, 1.54) is 134 Å². The first-order valence-electron chi connectivity index (χ1n) is 54.0. The molecule has 4 aliphatic carbocycles. The Bertz CT molecular complexity index is 3900. The van der Waals surface area contributed by atoms with E-state index < -0.39 is 28.5 Å². The Hall–Kier alpha value is -8.06. The maximum Gasteiger partial charge on any atom is 0.123 e. The van der Waals surface area contributed by atoms with Crippen LogP contribution in [0.15, 0.2) is 170 Å². The number of aliphatic hydroxyl groups excluding tert-OH is 1. The molecule has 4 aliphatic rings. The molecule has 17 nitrogen and oxygen atoms in total. The Kier molecular flexibility index (Phi) is 63.7. The van der Waals surface area contributed by atoms with Crippen molar-refractivity contribution in [2.75, 3.05) is 79.3 Å². The molecule has 136 heavy (non-hydrogen) atoms. The van der Waals surface area contributed by atoms with E-state index in [0.29, 0.717) is 51.3 Å². The lowest BCUT2D eigenvalue weighted by Crippen LogP contribution is -2.37. The molecule has 5 N–H and O–H groups in total. The summed E-state index contributed by atoms with van der Waals surface area (Å²) in [4.78, 5) is 0. The van der Waals surface area contributed by atoms with E-state index in [1.54, 1.807) is 0 Å². The fourth-order valence-electron chi connectivity index (χ4n) is 17.6. The highest BCUT2D eigenvalue weighted by atomic mass is 16.5. The summed E-state index contributed by atoms with van der Waals surface area (Å²) in [6, 6.07) is 55.2. The van der Waals surface area contributed by atoms with Crippen molar-refractivity contribution in [3.05, 3.63) is 181 Å². The summed E-state index contributed by atoms with van der Waals surface area (Å²) in [5.74, 6) is 12.5. The Morgan fingerprint density at radius 1 is 0.294 bits per heavy atom. The number of aliphatic hydroxyl groups is 5. The minimum absolute atomic E-state index is 0.308. The molecule has 7 aromatic carbocycles. The van der Waals surface area contributed by atoms with E-state index in [0.717, 1.165) is 274 Å². The van der Waals surface area contributed by atoms with Crippen LogP contribution in [0.25, 0.3) is 0 Å². The van der Waals surface area contributed by atoms with Crippen molar-refractivity contribution in [3.8, 4) is 69.0 Å². The third kappa shape index (κ3) is 53.4. The zero-order valence-electron chi connectivity index (χ0n) is 87.2. The third-order valence-corrected chi connectivity index (χ3v) is 25.2. The van der Waals surface area contributed by atoms with Gasteiger partial charge in [-0.2, -0.15) is 0 Å². The predicted octanol–water partition coefficient (Wildman–Crippen LogP) is 30.8. The van der Waals surface area contributed by atoms with Gasteiger partial charge < -0.3 is 82.4 Å². The SMILES string of the molecule is CCCC(O)c1cccc(OCC(O)(CCC)CCC)c1.CCCCc1cccc(OCC(O)(CCC)CCC)c1.CCCOc1cccc(OCC(CCC)CCC)c1.CCCOc1cccc(OCC2(O)CCCCC2)c1.CCCOc1cccc(OCC2(O)CCCCCC2)c1.CCCOc1cccc(OCC2CCCCC2)c1.CCCOc1cccc(OCC2CCCCCC2)c1. The molecule has 4 saturated carbocycles. The van der Waals surface area contributed by atoms with Gasteiger partial charge in [0, 0.05) is 30.3 Å². The van der Waals surface area contributed by atoms with Crippen molar-refractivity contribution in [3.63, 3.8) is 0 Å². The van der Waals surface area contributed by atoms with Gasteiger partial charge >= 0.3 is 0 Å². The van der Waals surface area contributed by atoms with Gasteiger partial charge in [0.1, 0.15) is 95.4 Å². The number of hydrogen-bond acceptors (Lipinski definition) is 17. The normalized spacial score (nSPS) is 15.0. The monoisotopic (exact) mass is 1890 g/mol. The first kappa shape index (κ1) is 118. The lowest BCUT2D eigenvalue weighted by atomic mass is 9.85. The van der Waals surface area contributed by atoms with Crippen LogP contribution in [-0.4, -0.2) is 127 Å². The molecular formula is C119H188O17. The Morgan fingerprint density at radius 2 is 0.581 bits per heavy atom. The summed E-state index contributed by atoms with van der Waals surface area (Å²) in [6.07, 6.45) is 48.2. The second-order valence-corrected chi connectivity index (χ2v) is 38.5. The van der Waals surface area contributed by atoms with Crippen LogP contribution in [0.4, 0.5) is 0 Å². The van der Waals surface area contributed by atoms with Crippen LogP contribution in [-0.2, 0) is 6.42 Å². The quantitative estimate of drug-likeness (QED) is 0.0224. The number of aryl methyl sites for hydroxylation is 1. The second kappa shape index (κ2) is 73.1. The zero-order chi connectivity index (χ0) is 98.3. The van der Waals surface area contributed by atoms with Gasteiger partial charge in [-0.1, -0.05) is 286 Å². The molecule has 0 radical (unpaired) electrons. The van der Waals surface area contributed by atoms with Crippen LogP contribution < -0.4 is 56.8 Å². The summed E-state index contributed by atoms with van der Waals surface area (Å²) in [7, 11) is 0. The lowest BCUT2D eigenvalue weighted by Gasteiger charge is -2.31. The molecule has 0 bridgehead atoms. The van der Waals surface area contributed by atoms with Crippen LogP contribution in [0.1, 0.15) is 383 Å². The summed E-state index contributed by atoms with van der Waals surface area (Å²) >= 11 is 0. The smallest absolute Gasteiger partial charge is 0.123 e. The molecule has 11 rings (SSSR count). The Labute approximate surface area is 825 Å². The largest absolute Gasteiger partial charge is 0.493 e. The Balaban J connectivity index is 0.000000280. The molecule has 1 atom stereocenters. The minimum Gasteiger partial charge on any atom is -0.493 e. The van der Waals surface area contributed by atoms with Gasteiger partial charge in [0.2, 0.25) is 0 Å². The fourth-order valence-corrected chi connectivity index (χ4v) is 17.6. The second-order valence-electron chi connectivity index (χ2n) is 38.5. The molecule has 4 fully saturated rings. The van der Waals surface area contributed by atoms with Gasteiger partial charge in [-0.3, -0.25) is 0 Å². The topological polar surface area (TPSA) is 212 Å². The van der Waals surface area contributed by atoms with Gasteiger partial charge in [-0.15, -0.1) is 0 Å². The van der Waals surface area contributed by atoms with Crippen molar-refractivity contribution < 1.29 is 82.4 Å². The van der Waals surface area contributed by atoms with E-state index in [-0.39, 0.29) is 0 Å². The standard InChI is InChI=1S/C18H30O3.C18H30O2.C17H26O3.C17H26O2.C17H28O2.C16H24O3.C16H24O2/c1-4-8-17(19)15-9-7-10-16(13-15)21-14-18(20,11-5-2)12-6-3;1-4-7-9-16-10-8-11-17(14-16)20-15-18(19,12-5-2)13-6-3;1-2-12-19-15-8-7-9-16(13-15)20-14-17(18)10-5-3-4-6-11-17;1-2-12-18-16-10-7-11-17(13-16)19-14-15-8-5-3-4-6-9-15;1-4-8-15(9-5-2)14-19-17-11-7-10-16(13-17)18-12-6-3;1-2-11-18-14-7-6-8-15(12-14)19-13-16(17)9-4-3-5-10-16;1-2-11-17-15-9-6-10-16(12-15)18-13-14-7-4-3-5-8-14/h7,9-10,13,17,19-20H,4-6,8,11-12,14H2,1-3H3;8,10-11,14,19H,4-7,9,12-13,15H2,1-3H3;7-9,13,18H,2-6,10-12,14H2,1H3;7,10-11,13,15H,2-6,8-9,12,14H2,1H3;7,10-11,13,15H,4-6,8-9,12,14H2,1-3H3;6-8,12,17H,2-5,9-11,13H2,1H3;6,9-10,12,14H,2-5,7-8,11,13H2,1H3. The number of hydrogen-bond donors (Lipinski definition) is 5. The number of benzene rings is 7. The van der Waals surface area contributed by atoms with Gasteiger partial charge in [-0.25, -0.2) is 0 Å². The third-order valence-electron chi connectivity index (χ3n) is 25.2. The first-order chi connectivity index (χ1) is 66.2. The van der Waals surface area contributed by atoms with Crippen LogP contribution >= 0.6 is 0 Å². The van der Waals surface area contributed by atoms with Crippen molar-refractivity contribution in [1.29, 1.82) is 0 Å². The molecule has 0 heterocycles. The van der Waals surface area contributed by atoms with E-state index >= 15 is 0 Å². The summed E-state index contributed by atoms with van der Waals surface area (Å²) in [6.45, 7) is 35.3. The van der Waals surface area contributed by atoms with Gasteiger partial charge in [0.15, 0.2) is 0 Å². The Morgan fingerprint density at radius 3 is 0.912 bits per heavy atom. The first-order valence-corrected chi connectivity index (χ1v) is 54.0. The van der Waals surface area contributed by atoms with E-state index in [1.807, 2.05) is 158 Å². The zero-order valence-corrected chi connectivity index (χ0v) is 87.2. The average molecular weight is 1890 g/mol. The lowest BCUT2D eigenvalue weighted by molar-refractivity contribution is -0.0339. The van der Waals surface area contributed by atoms with E-state index in [2.05, 4.69) is 102 Å². The van der Waals surface area contributed by atoms with E-state index in [4.69, 9.17) is 56.8 Å². The molecular weight excluding hydrogens is 1700 g/mol. The maximum atomic E-state index is 10.6. The maximum absolute atomic E-state index is 10.6. The molecule has 0 spiro atoms. The van der Waals surface area contributed by atoms with Crippen molar-refractivity contribution >= 4 is 0 Å². The molecule has 7 aromatic rings. The highest BCUT2D eigenvalue weighted by Gasteiger charge is 2.32.